The van der Waals surface area contributed by atoms with E-state index in [1.54, 1.807) is 6.92 Å². The lowest BCUT2D eigenvalue weighted by atomic mass is 10.0. The molecule has 12 nitrogen and oxygen atoms in total. The van der Waals surface area contributed by atoms with Gasteiger partial charge in [-0.15, -0.1) is 12.8 Å². The molecule has 0 aliphatic carbocycles. The summed E-state index contributed by atoms with van der Waals surface area (Å²) in [7, 11) is -6.69. The van der Waals surface area contributed by atoms with E-state index in [-0.39, 0.29) is 32.0 Å². The quantitative estimate of drug-likeness (QED) is 0.171. The number of hydrogen-bond donors (Lipinski definition) is 4. The molecule has 0 saturated heterocycles. The van der Waals surface area contributed by atoms with Gasteiger partial charge in [0.2, 0.25) is 20.0 Å². The van der Waals surface area contributed by atoms with E-state index in [2.05, 4.69) is 21.6 Å². The second kappa shape index (κ2) is 11.5. The molecular weight excluding hydrogens is 510 g/mol. The van der Waals surface area contributed by atoms with E-state index >= 15 is 0 Å². The van der Waals surface area contributed by atoms with Crippen molar-refractivity contribution < 1.29 is 31.2 Å². The van der Waals surface area contributed by atoms with Gasteiger partial charge < -0.3 is 16.2 Å². The molecule has 1 amide bonds. The number of methoxy groups -OCH3 is 1. The maximum Gasteiger partial charge on any atom is 0.339 e. The second-order valence-electron chi connectivity index (χ2n) is 7.04. The van der Waals surface area contributed by atoms with E-state index in [1.807, 2.05) is 0 Å². The molecule has 0 aliphatic rings. The average molecular weight is 534 g/mol. The Morgan fingerprint density at radius 2 is 1.22 bits per heavy atom. The van der Waals surface area contributed by atoms with Crippen LogP contribution in [-0.2, 0) is 24.8 Å². The summed E-state index contributed by atoms with van der Waals surface area (Å²) in [6, 6.07) is 4.96. The van der Waals surface area contributed by atoms with Crippen LogP contribution in [0.4, 0.5) is 0 Å². The minimum Gasteiger partial charge on any atom is -0.465 e. The van der Waals surface area contributed by atoms with Crippen LogP contribution in [-0.4, -0.2) is 41.8 Å². The first kappa shape index (κ1) is 29.8. The molecule has 2 rings (SSSR count). The van der Waals surface area contributed by atoms with E-state index in [0.29, 0.717) is 11.1 Å². The summed E-state index contributed by atoms with van der Waals surface area (Å²) in [5.74, 6) is 2.56. The number of amides is 1. The third-order valence-corrected chi connectivity index (χ3v) is 6.53. The number of nitrogens with two attached hydrogens (primary N) is 4. The van der Waals surface area contributed by atoms with Crippen LogP contribution in [0.5, 0.6) is 0 Å². The number of benzene rings is 2. The number of primary sulfonamides is 2. The summed E-state index contributed by atoms with van der Waals surface area (Å²) < 4.78 is 49.9. The Balaban J connectivity index is 0.000000362. The van der Waals surface area contributed by atoms with Crippen LogP contribution < -0.4 is 21.7 Å². The Kier molecular flexibility index (Phi) is 9.51. The largest absolute Gasteiger partial charge is 0.465 e. The molecule has 0 atom stereocenters. The molecule has 2 aromatic rings. The number of terminal acetylenes is 2. The number of nitrogens with zero attached hydrogens (tertiary/aromatic N) is 1. The van der Waals surface area contributed by atoms with Crippen molar-refractivity contribution in [2.24, 2.45) is 26.7 Å². The average Bonchev–Trinajstić information content (AvgIpc) is 2.76. The SMILES string of the molecule is C#Cc1cc(C)c(S(N)(=O)=O)cc1C(=O)N=C(N)N.C#Cc1cc(C)c(S(N)(=O)=O)cc1C(=O)OC. The zero-order chi connectivity index (χ0) is 28.0. The molecule has 0 saturated carbocycles. The van der Waals surface area contributed by atoms with Crippen molar-refractivity contribution in [1.82, 2.24) is 0 Å². The Bertz CT molecular complexity index is 1560. The smallest absolute Gasteiger partial charge is 0.339 e. The predicted octanol–water partition coefficient (Wildman–Crippen LogP) is -0.552. The molecule has 190 valence electrons. The molecule has 0 heterocycles. The number of esters is 1. The maximum absolute atomic E-state index is 11.7. The van der Waals surface area contributed by atoms with E-state index in [4.69, 9.17) is 34.6 Å². The van der Waals surface area contributed by atoms with Gasteiger partial charge in [-0.25, -0.2) is 31.9 Å². The number of ether oxygens (including phenoxy) is 1. The summed E-state index contributed by atoms with van der Waals surface area (Å²) >= 11 is 0. The van der Waals surface area contributed by atoms with Crippen LogP contribution in [0.3, 0.4) is 0 Å². The van der Waals surface area contributed by atoms with E-state index in [1.165, 1.54) is 26.2 Å². The highest BCUT2D eigenvalue weighted by atomic mass is 32.2. The zero-order valence-electron chi connectivity index (χ0n) is 19.4. The van der Waals surface area contributed by atoms with Crippen molar-refractivity contribution in [3.63, 3.8) is 0 Å². The van der Waals surface area contributed by atoms with Gasteiger partial charge in [0.15, 0.2) is 5.96 Å². The van der Waals surface area contributed by atoms with Crippen LogP contribution in [0.15, 0.2) is 39.0 Å². The number of sulfonamides is 2. The first-order valence-corrected chi connectivity index (χ1v) is 12.6. The van der Waals surface area contributed by atoms with Crippen molar-refractivity contribution in [3.05, 3.63) is 57.6 Å². The summed E-state index contributed by atoms with van der Waals surface area (Å²) in [4.78, 5) is 26.1. The lowest BCUT2D eigenvalue weighted by Gasteiger charge is -2.08. The van der Waals surface area contributed by atoms with Crippen LogP contribution >= 0.6 is 0 Å². The van der Waals surface area contributed by atoms with Crippen LogP contribution in [0.2, 0.25) is 0 Å². The topological polar surface area (TPSA) is 228 Å². The van der Waals surface area contributed by atoms with Gasteiger partial charge in [-0.2, -0.15) is 4.99 Å². The highest BCUT2D eigenvalue weighted by Crippen LogP contribution is 2.21. The van der Waals surface area contributed by atoms with E-state index < -0.39 is 37.9 Å². The zero-order valence-corrected chi connectivity index (χ0v) is 21.0. The normalized spacial score (nSPS) is 10.6. The van der Waals surface area contributed by atoms with Crippen LogP contribution in [0.1, 0.15) is 43.0 Å². The van der Waals surface area contributed by atoms with Gasteiger partial charge in [0.1, 0.15) is 0 Å². The highest BCUT2D eigenvalue weighted by Gasteiger charge is 2.20. The molecule has 0 radical (unpaired) electrons. The molecule has 8 N–H and O–H groups in total. The summed E-state index contributed by atoms with van der Waals surface area (Å²) in [5, 5.41) is 10.1. The summed E-state index contributed by atoms with van der Waals surface area (Å²) in [6.45, 7) is 3.05. The Morgan fingerprint density at radius 1 is 0.833 bits per heavy atom. The van der Waals surface area contributed by atoms with Crippen LogP contribution in [0.25, 0.3) is 0 Å². The Labute approximate surface area is 208 Å². The fourth-order valence-electron chi connectivity index (χ4n) is 2.86. The molecule has 2 aromatic carbocycles. The number of rotatable bonds is 4. The van der Waals surface area contributed by atoms with Gasteiger partial charge >= 0.3 is 5.97 Å². The maximum atomic E-state index is 11.7. The third-order valence-electron chi connectivity index (χ3n) is 4.42. The molecule has 0 unspecified atom stereocenters. The second-order valence-corrected chi connectivity index (χ2v) is 10.1. The first-order chi connectivity index (χ1) is 16.5. The van der Waals surface area contributed by atoms with Gasteiger partial charge in [0, 0.05) is 11.1 Å². The van der Waals surface area contributed by atoms with E-state index in [9.17, 15) is 26.4 Å². The Hall–Kier alpha value is -4.21. The fourth-order valence-corrected chi connectivity index (χ4v) is 4.44. The minimum absolute atomic E-state index is 0.00428. The molecule has 0 aromatic heterocycles. The molecule has 0 spiro atoms. The Morgan fingerprint density at radius 3 is 1.56 bits per heavy atom. The predicted molar refractivity (Wildman–Crippen MR) is 132 cm³/mol. The molecule has 0 bridgehead atoms. The molecular formula is C22H23N5O7S2. The van der Waals surface area contributed by atoms with Gasteiger partial charge in [-0.3, -0.25) is 4.79 Å². The lowest BCUT2D eigenvalue weighted by Crippen LogP contribution is -2.24. The third kappa shape index (κ3) is 7.39. The monoisotopic (exact) mass is 533 g/mol. The number of hydrogen-bond acceptors (Lipinski definition) is 7. The number of carbonyl (C=O) groups is 2. The fraction of sp³-hybridized carbons (Fsp3) is 0.136. The number of aryl methyl sites for hydroxylation is 2. The highest BCUT2D eigenvalue weighted by molar-refractivity contribution is 7.89. The number of guanidine groups is 1. The van der Waals surface area contributed by atoms with Gasteiger partial charge in [0.25, 0.3) is 5.91 Å². The molecule has 0 fully saturated rings. The number of carbonyl (C=O) groups excluding carboxylic acids is 2. The van der Waals surface area contributed by atoms with Crippen molar-refractivity contribution in [1.29, 1.82) is 0 Å². The first-order valence-electron chi connectivity index (χ1n) is 9.48. The van der Waals surface area contributed by atoms with Crippen molar-refractivity contribution in [2.75, 3.05) is 7.11 Å². The van der Waals surface area contributed by atoms with Gasteiger partial charge in [-0.1, -0.05) is 11.8 Å². The molecule has 14 heteroatoms. The summed E-state index contributed by atoms with van der Waals surface area (Å²) in [6.07, 6.45) is 10.5. The minimum atomic E-state index is -3.97. The molecule has 0 aliphatic heterocycles. The molecule has 36 heavy (non-hydrogen) atoms. The van der Waals surface area contributed by atoms with E-state index in [0.717, 1.165) is 12.1 Å². The van der Waals surface area contributed by atoms with Gasteiger partial charge in [-0.05, 0) is 49.2 Å². The van der Waals surface area contributed by atoms with Gasteiger partial charge in [0.05, 0.1) is 28.0 Å². The van der Waals surface area contributed by atoms with Crippen LogP contribution in [0, 0.1) is 38.5 Å². The van der Waals surface area contributed by atoms with Crippen molar-refractivity contribution in [3.8, 4) is 24.7 Å². The summed E-state index contributed by atoms with van der Waals surface area (Å²) in [5.41, 5.74) is 11.2. The van der Waals surface area contributed by atoms with Crippen molar-refractivity contribution in [2.45, 2.75) is 23.6 Å². The van der Waals surface area contributed by atoms with Crippen molar-refractivity contribution >= 4 is 37.9 Å². The lowest BCUT2D eigenvalue weighted by molar-refractivity contribution is 0.0600. The number of aliphatic imine (C=N–C) groups is 1. The standard InChI is InChI=1S/C11H12N4O3S.C11H11NO4S/c1-3-7-4-6(2)9(19(14,17)18)5-8(7)10(16)15-11(12)13;1-4-8-5-7(2)10(17(12,14)15)6-9(8)11(13)16-3/h1,4-5H,2H3,(H2,14,17,18)(H4,12,13,15,16);1,5-6H,2-3H3,(H2,12,14,15).